The summed E-state index contributed by atoms with van der Waals surface area (Å²) in [4.78, 5) is 4.58. The molecule has 4 rings (SSSR count). The molecule has 1 aromatic heterocycles. The lowest BCUT2D eigenvalue weighted by Gasteiger charge is -2.09. The highest BCUT2D eigenvalue weighted by Gasteiger charge is 2.54. The van der Waals surface area contributed by atoms with Crippen molar-refractivity contribution >= 4 is 11.6 Å². The van der Waals surface area contributed by atoms with Crippen molar-refractivity contribution in [1.29, 1.82) is 0 Å². The van der Waals surface area contributed by atoms with E-state index in [1.165, 1.54) is 6.07 Å². The Morgan fingerprint density at radius 3 is 2.82 bits per heavy atom. The predicted molar refractivity (Wildman–Crippen MR) is 82.6 cm³/mol. The molecule has 0 amide bonds. The molecule has 1 saturated carbocycles. The van der Waals surface area contributed by atoms with Gasteiger partial charge in [-0.3, -0.25) is 0 Å². The number of nitrogens with one attached hydrogen (secondary N) is 1. The van der Waals surface area contributed by atoms with Crippen molar-refractivity contribution in [2.24, 2.45) is 11.8 Å². The molecule has 2 aromatic rings. The van der Waals surface area contributed by atoms with Crippen LogP contribution in [-0.4, -0.2) is 18.1 Å². The lowest BCUT2D eigenvalue weighted by atomic mass is 10.2. The zero-order valence-corrected chi connectivity index (χ0v) is 12.7. The number of hydrogen-bond acceptors (Lipinski definition) is 3. The first-order chi connectivity index (χ1) is 10.7. The molecule has 114 valence electrons. The van der Waals surface area contributed by atoms with Gasteiger partial charge in [-0.2, -0.15) is 0 Å². The molecule has 1 saturated heterocycles. The van der Waals surface area contributed by atoms with Crippen molar-refractivity contribution in [3.8, 4) is 5.88 Å². The number of benzene rings is 1. The number of nitrogens with zero attached hydrogens (tertiary/aromatic N) is 1. The van der Waals surface area contributed by atoms with Gasteiger partial charge in [-0.1, -0.05) is 23.7 Å². The molecule has 0 radical (unpaired) electrons. The molecule has 0 spiro atoms. The Morgan fingerprint density at radius 1 is 1.23 bits per heavy atom. The molecule has 3 nitrogen and oxygen atoms in total. The molecule has 1 aliphatic heterocycles. The van der Waals surface area contributed by atoms with Crippen LogP contribution in [0.15, 0.2) is 36.4 Å². The van der Waals surface area contributed by atoms with E-state index in [0.29, 0.717) is 22.4 Å². The quantitative estimate of drug-likeness (QED) is 0.938. The Kier molecular flexibility index (Phi) is 3.51. The second kappa shape index (κ2) is 5.52. The first-order valence-electron chi connectivity index (χ1n) is 7.47. The van der Waals surface area contributed by atoms with Gasteiger partial charge >= 0.3 is 0 Å². The highest BCUT2D eigenvalue weighted by Crippen LogP contribution is 2.55. The maximum absolute atomic E-state index is 13.7. The zero-order valence-electron chi connectivity index (χ0n) is 11.9. The lowest BCUT2D eigenvalue weighted by molar-refractivity contribution is 0.287. The second-order valence-corrected chi connectivity index (χ2v) is 6.37. The van der Waals surface area contributed by atoms with Crippen LogP contribution in [0.4, 0.5) is 4.39 Å². The minimum absolute atomic E-state index is 0.151. The van der Waals surface area contributed by atoms with E-state index in [-0.39, 0.29) is 12.4 Å². The number of hydrogen-bond donors (Lipinski definition) is 1. The maximum Gasteiger partial charge on any atom is 0.213 e. The van der Waals surface area contributed by atoms with Crippen molar-refractivity contribution in [2.45, 2.75) is 12.5 Å². The van der Waals surface area contributed by atoms with E-state index >= 15 is 0 Å². The number of aromatic nitrogens is 1. The van der Waals surface area contributed by atoms with Gasteiger partial charge in [-0.25, -0.2) is 9.37 Å². The zero-order chi connectivity index (χ0) is 15.1. The van der Waals surface area contributed by atoms with E-state index in [1.54, 1.807) is 12.1 Å². The topological polar surface area (TPSA) is 34.1 Å². The van der Waals surface area contributed by atoms with Crippen LogP contribution >= 0.6 is 11.6 Å². The normalized spacial score (nSPS) is 25.8. The molecule has 1 aliphatic carbocycles. The van der Waals surface area contributed by atoms with Crippen LogP contribution in [0, 0.1) is 17.7 Å². The minimum Gasteiger partial charge on any atom is -0.473 e. The average molecular weight is 319 g/mol. The maximum atomic E-state index is 13.7. The van der Waals surface area contributed by atoms with Gasteiger partial charge in [0.1, 0.15) is 12.4 Å². The number of halogens is 2. The molecule has 0 bridgehead atoms. The van der Waals surface area contributed by atoms with E-state index in [9.17, 15) is 4.39 Å². The summed E-state index contributed by atoms with van der Waals surface area (Å²) in [6.07, 6.45) is 0. The second-order valence-electron chi connectivity index (χ2n) is 5.94. The SMILES string of the molecule is Fc1cc(Cl)ccc1COc1cccc([C@@H]2[C@@H]3CNC[C@@H]32)n1. The number of fused-ring (bicyclic) bond motifs is 1. The average Bonchev–Trinajstić information content (AvgIpc) is 2.99. The fourth-order valence-corrected chi connectivity index (χ4v) is 3.50. The lowest BCUT2D eigenvalue weighted by Crippen LogP contribution is -2.14. The summed E-state index contributed by atoms with van der Waals surface area (Å²) in [5.74, 6) is 2.18. The molecule has 2 heterocycles. The Hall–Kier alpha value is -1.65. The number of pyridine rings is 1. The molecule has 1 aromatic carbocycles. The molecule has 3 atom stereocenters. The molecule has 1 N–H and O–H groups in total. The highest BCUT2D eigenvalue weighted by atomic mass is 35.5. The summed E-state index contributed by atoms with van der Waals surface area (Å²) in [7, 11) is 0. The third-order valence-electron chi connectivity index (χ3n) is 4.57. The predicted octanol–water partition coefficient (Wildman–Crippen LogP) is 3.39. The van der Waals surface area contributed by atoms with E-state index in [1.807, 2.05) is 12.1 Å². The molecule has 5 heteroatoms. The van der Waals surface area contributed by atoms with Gasteiger partial charge in [0.05, 0.1) is 0 Å². The van der Waals surface area contributed by atoms with Crippen molar-refractivity contribution in [3.63, 3.8) is 0 Å². The van der Waals surface area contributed by atoms with Crippen LogP contribution in [-0.2, 0) is 6.61 Å². The van der Waals surface area contributed by atoms with Gasteiger partial charge in [-0.05, 0) is 43.1 Å². The third kappa shape index (κ3) is 2.57. The fourth-order valence-electron chi connectivity index (χ4n) is 3.34. The Balaban J connectivity index is 1.45. The smallest absolute Gasteiger partial charge is 0.213 e. The van der Waals surface area contributed by atoms with Crippen molar-refractivity contribution < 1.29 is 9.13 Å². The Bertz CT molecular complexity index is 699. The summed E-state index contributed by atoms with van der Waals surface area (Å²) in [5, 5.41) is 3.77. The standard InChI is InChI=1S/C17H16ClFN2O/c18-11-5-4-10(14(19)6-11)9-22-16-3-1-2-15(21-16)17-12-7-20-8-13(12)17/h1-6,12-13,17,20H,7-9H2/t12-,13+,17-. The van der Waals surface area contributed by atoms with E-state index in [2.05, 4.69) is 16.4 Å². The summed E-state index contributed by atoms with van der Waals surface area (Å²) in [5.41, 5.74) is 1.56. The molecule has 2 aliphatic rings. The van der Waals surface area contributed by atoms with Gasteiger partial charge in [0, 0.05) is 28.3 Å². The van der Waals surface area contributed by atoms with Gasteiger partial charge in [0.15, 0.2) is 0 Å². The van der Waals surface area contributed by atoms with E-state index in [4.69, 9.17) is 16.3 Å². The summed E-state index contributed by atoms with van der Waals surface area (Å²) >= 11 is 5.74. The summed E-state index contributed by atoms with van der Waals surface area (Å²) < 4.78 is 19.4. The molecular formula is C17H16ClFN2O. The largest absolute Gasteiger partial charge is 0.473 e. The van der Waals surface area contributed by atoms with Crippen LogP contribution in [0.2, 0.25) is 5.02 Å². The summed E-state index contributed by atoms with van der Waals surface area (Å²) in [6, 6.07) is 10.4. The monoisotopic (exact) mass is 318 g/mol. The first kappa shape index (κ1) is 14.0. The third-order valence-corrected chi connectivity index (χ3v) is 4.80. The van der Waals surface area contributed by atoms with Crippen LogP contribution in [0.5, 0.6) is 5.88 Å². The summed E-state index contributed by atoms with van der Waals surface area (Å²) in [6.45, 7) is 2.31. The molecule has 0 unspecified atom stereocenters. The van der Waals surface area contributed by atoms with Gasteiger partial charge in [0.25, 0.3) is 0 Å². The molecule has 22 heavy (non-hydrogen) atoms. The van der Waals surface area contributed by atoms with Crippen molar-refractivity contribution in [2.75, 3.05) is 13.1 Å². The van der Waals surface area contributed by atoms with Crippen LogP contribution < -0.4 is 10.1 Å². The number of ether oxygens (including phenoxy) is 1. The van der Waals surface area contributed by atoms with Crippen molar-refractivity contribution in [3.05, 3.63) is 58.5 Å². The van der Waals surface area contributed by atoms with Crippen LogP contribution in [0.25, 0.3) is 0 Å². The van der Waals surface area contributed by atoms with E-state index in [0.717, 1.165) is 30.6 Å². The number of piperidine rings is 1. The first-order valence-corrected chi connectivity index (χ1v) is 7.84. The minimum atomic E-state index is -0.355. The van der Waals surface area contributed by atoms with Gasteiger partial charge in [0.2, 0.25) is 5.88 Å². The molecule has 2 fully saturated rings. The number of rotatable bonds is 4. The van der Waals surface area contributed by atoms with Crippen LogP contribution in [0.1, 0.15) is 17.2 Å². The van der Waals surface area contributed by atoms with Gasteiger partial charge < -0.3 is 10.1 Å². The molecular weight excluding hydrogens is 303 g/mol. The van der Waals surface area contributed by atoms with E-state index < -0.39 is 0 Å². The van der Waals surface area contributed by atoms with Gasteiger partial charge in [-0.15, -0.1) is 0 Å². The Labute approximate surface area is 133 Å². The Morgan fingerprint density at radius 2 is 2.05 bits per heavy atom. The van der Waals surface area contributed by atoms with Crippen molar-refractivity contribution in [1.82, 2.24) is 10.3 Å². The highest BCUT2D eigenvalue weighted by molar-refractivity contribution is 6.30. The van der Waals surface area contributed by atoms with Crippen LogP contribution in [0.3, 0.4) is 0 Å². The fraction of sp³-hybridized carbons (Fsp3) is 0.353.